The Morgan fingerprint density at radius 1 is 0.968 bits per heavy atom. The fourth-order valence-electron chi connectivity index (χ4n) is 3.10. The standard InChI is InChI=1S/C21H21ClO9/c22-11-3-1-10(2-4-11)14(24)8-16(26)13-6-5-12(7-15(13)25)30-21-20(29)19(28)18(27)17(9-23)31-21/h1-7,17-21,23,25,27-29H,8-9H2/t17-,18-,19+,20-,21-/m1/s1. The van der Waals surface area contributed by atoms with Gasteiger partial charge in [-0.25, -0.2) is 0 Å². The number of halogens is 1. The van der Waals surface area contributed by atoms with E-state index in [1.807, 2.05) is 0 Å². The summed E-state index contributed by atoms with van der Waals surface area (Å²) in [5.74, 6) is -1.53. The number of carbonyl (C=O) groups is 2. The van der Waals surface area contributed by atoms with Crippen LogP contribution in [0.5, 0.6) is 11.5 Å². The number of ketones is 2. The zero-order valence-electron chi connectivity index (χ0n) is 16.1. The molecule has 5 atom stereocenters. The Balaban J connectivity index is 1.68. The molecule has 9 nitrogen and oxygen atoms in total. The van der Waals surface area contributed by atoms with Crippen molar-refractivity contribution in [3.05, 3.63) is 58.6 Å². The van der Waals surface area contributed by atoms with E-state index in [2.05, 4.69) is 0 Å². The van der Waals surface area contributed by atoms with Gasteiger partial charge in [0.15, 0.2) is 11.6 Å². The second-order valence-electron chi connectivity index (χ2n) is 7.02. The van der Waals surface area contributed by atoms with Crippen LogP contribution in [0.4, 0.5) is 0 Å². The number of aliphatic hydroxyl groups is 4. The maximum Gasteiger partial charge on any atom is 0.229 e. The highest BCUT2D eigenvalue weighted by atomic mass is 35.5. The first-order valence-corrected chi connectivity index (χ1v) is 9.71. The van der Waals surface area contributed by atoms with Gasteiger partial charge >= 0.3 is 0 Å². The van der Waals surface area contributed by atoms with E-state index in [4.69, 9.17) is 21.1 Å². The van der Waals surface area contributed by atoms with E-state index in [1.54, 1.807) is 0 Å². The number of Topliss-reactive ketones (excluding diaryl/α,β-unsaturated/α-hetero) is 2. The lowest BCUT2D eigenvalue weighted by molar-refractivity contribution is -0.277. The van der Waals surface area contributed by atoms with Crippen LogP contribution in [0.3, 0.4) is 0 Å². The van der Waals surface area contributed by atoms with Gasteiger partial charge in [-0.1, -0.05) is 11.6 Å². The topological polar surface area (TPSA) is 154 Å². The molecule has 2 aromatic rings. The fourth-order valence-corrected chi connectivity index (χ4v) is 3.22. The summed E-state index contributed by atoms with van der Waals surface area (Å²) in [6, 6.07) is 9.68. The molecule has 1 aliphatic heterocycles. The first-order valence-electron chi connectivity index (χ1n) is 9.33. The average Bonchev–Trinajstić information content (AvgIpc) is 2.74. The van der Waals surface area contributed by atoms with E-state index in [9.17, 15) is 35.1 Å². The molecule has 0 spiro atoms. The molecule has 1 saturated heterocycles. The Labute approximate surface area is 182 Å². The second kappa shape index (κ2) is 9.73. The molecule has 1 aliphatic rings. The highest BCUT2D eigenvalue weighted by molar-refractivity contribution is 6.30. The minimum absolute atomic E-state index is 0.0117. The van der Waals surface area contributed by atoms with Crippen molar-refractivity contribution in [2.45, 2.75) is 37.1 Å². The summed E-state index contributed by atoms with van der Waals surface area (Å²) in [4.78, 5) is 24.7. The lowest BCUT2D eigenvalue weighted by atomic mass is 9.99. The van der Waals surface area contributed by atoms with Gasteiger partial charge in [0.1, 0.15) is 35.9 Å². The van der Waals surface area contributed by atoms with Crippen LogP contribution in [0.1, 0.15) is 27.1 Å². The van der Waals surface area contributed by atoms with Gasteiger partial charge in [0.2, 0.25) is 6.29 Å². The van der Waals surface area contributed by atoms with Crippen molar-refractivity contribution >= 4 is 23.2 Å². The van der Waals surface area contributed by atoms with Crippen LogP contribution in [0.2, 0.25) is 5.02 Å². The molecule has 1 fully saturated rings. The van der Waals surface area contributed by atoms with Crippen molar-refractivity contribution in [3.63, 3.8) is 0 Å². The highest BCUT2D eigenvalue weighted by Gasteiger charge is 2.44. The first-order chi connectivity index (χ1) is 14.7. The van der Waals surface area contributed by atoms with Crippen LogP contribution >= 0.6 is 11.6 Å². The third-order valence-corrected chi connectivity index (χ3v) is 5.11. The summed E-state index contributed by atoms with van der Waals surface area (Å²) in [7, 11) is 0. The van der Waals surface area contributed by atoms with Crippen LogP contribution in [-0.4, -0.2) is 74.4 Å². The molecule has 0 bridgehead atoms. The molecule has 5 N–H and O–H groups in total. The number of benzene rings is 2. The molecule has 0 radical (unpaired) electrons. The van der Waals surface area contributed by atoms with E-state index in [0.29, 0.717) is 10.6 Å². The molecule has 3 rings (SSSR count). The quantitative estimate of drug-likeness (QED) is 0.301. The zero-order valence-corrected chi connectivity index (χ0v) is 16.8. The number of ether oxygens (including phenoxy) is 2. The summed E-state index contributed by atoms with van der Waals surface area (Å²) in [6.45, 7) is -0.620. The van der Waals surface area contributed by atoms with Crippen LogP contribution in [0, 0.1) is 0 Å². The lowest BCUT2D eigenvalue weighted by Gasteiger charge is -2.39. The molecular formula is C21H21ClO9. The van der Waals surface area contributed by atoms with Gasteiger partial charge < -0.3 is 35.0 Å². The Morgan fingerprint density at radius 2 is 1.65 bits per heavy atom. The number of rotatable bonds is 7. The summed E-state index contributed by atoms with van der Waals surface area (Å²) in [5.41, 5.74) is 0.197. The van der Waals surface area contributed by atoms with Crippen molar-refractivity contribution in [1.29, 1.82) is 0 Å². The Bertz CT molecular complexity index is 944. The maximum absolute atomic E-state index is 12.4. The molecule has 2 aromatic carbocycles. The molecular weight excluding hydrogens is 432 g/mol. The fraction of sp³-hybridized carbons (Fsp3) is 0.333. The monoisotopic (exact) mass is 452 g/mol. The number of hydrogen-bond acceptors (Lipinski definition) is 9. The molecule has 1 heterocycles. The van der Waals surface area contributed by atoms with Crippen molar-refractivity contribution in [2.75, 3.05) is 6.61 Å². The van der Waals surface area contributed by atoms with E-state index in [1.165, 1.54) is 36.4 Å². The normalized spacial score (nSPS) is 25.8. The molecule has 0 amide bonds. The van der Waals surface area contributed by atoms with Gasteiger partial charge in [0.05, 0.1) is 18.6 Å². The summed E-state index contributed by atoms with van der Waals surface area (Å²) in [6.07, 6.45) is -7.85. The minimum atomic E-state index is -1.63. The third kappa shape index (κ3) is 5.21. The zero-order chi connectivity index (χ0) is 22.7. The smallest absolute Gasteiger partial charge is 0.229 e. The largest absolute Gasteiger partial charge is 0.507 e. The average molecular weight is 453 g/mol. The third-order valence-electron chi connectivity index (χ3n) is 4.86. The minimum Gasteiger partial charge on any atom is -0.507 e. The van der Waals surface area contributed by atoms with Crippen molar-refractivity contribution in [3.8, 4) is 11.5 Å². The van der Waals surface area contributed by atoms with E-state index >= 15 is 0 Å². The van der Waals surface area contributed by atoms with E-state index < -0.39 is 61.0 Å². The summed E-state index contributed by atoms with van der Waals surface area (Å²) < 4.78 is 10.6. The molecule has 166 valence electrons. The van der Waals surface area contributed by atoms with Gasteiger partial charge in [-0.05, 0) is 36.4 Å². The Morgan fingerprint density at radius 3 is 2.26 bits per heavy atom. The molecule has 0 aliphatic carbocycles. The summed E-state index contributed by atoms with van der Waals surface area (Å²) in [5, 5.41) is 49.5. The van der Waals surface area contributed by atoms with Crippen LogP contribution < -0.4 is 4.74 Å². The van der Waals surface area contributed by atoms with E-state index in [-0.39, 0.29) is 11.3 Å². The number of aliphatic hydroxyl groups excluding tert-OH is 4. The van der Waals surface area contributed by atoms with Crippen molar-refractivity contribution in [1.82, 2.24) is 0 Å². The van der Waals surface area contributed by atoms with Gasteiger partial charge in [0, 0.05) is 16.7 Å². The molecule has 10 heteroatoms. The number of phenols is 1. The SMILES string of the molecule is O=C(CC(=O)c1ccc(O[C@@H]2O[C@H](CO)[C@@H](O)[C@H](O)[C@H]2O)cc1O)c1ccc(Cl)cc1. The van der Waals surface area contributed by atoms with E-state index in [0.717, 1.165) is 6.07 Å². The predicted molar refractivity (Wildman–Crippen MR) is 107 cm³/mol. The van der Waals surface area contributed by atoms with Gasteiger partial charge in [-0.2, -0.15) is 0 Å². The summed E-state index contributed by atoms with van der Waals surface area (Å²) >= 11 is 5.78. The molecule has 0 aromatic heterocycles. The van der Waals surface area contributed by atoms with Gasteiger partial charge in [-0.15, -0.1) is 0 Å². The first kappa shape index (κ1) is 23.1. The number of hydrogen-bond donors (Lipinski definition) is 5. The highest BCUT2D eigenvalue weighted by Crippen LogP contribution is 2.29. The van der Waals surface area contributed by atoms with Crippen molar-refractivity contribution < 1.29 is 44.6 Å². The van der Waals surface area contributed by atoms with Gasteiger partial charge in [0.25, 0.3) is 0 Å². The Hall–Kier alpha value is -2.53. The van der Waals surface area contributed by atoms with Crippen LogP contribution in [-0.2, 0) is 4.74 Å². The molecule has 0 saturated carbocycles. The number of phenolic OH excluding ortho intramolecular Hbond substituents is 1. The van der Waals surface area contributed by atoms with Crippen molar-refractivity contribution in [2.24, 2.45) is 0 Å². The second-order valence-corrected chi connectivity index (χ2v) is 7.46. The van der Waals surface area contributed by atoms with Gasteiger partial charge in [-0.3, -0.25) is 9.59 Å². The molecule has 31 heavy (non-hydrogen) atoms. The molecule has 0 unspecified atom stereocenters. The van der Waals surface area contributed by atoms with Crippen LogP contribution in [0.25, 0.3) is 0 Å². The van der Waals surface area contributed by atoms with Crippen LogP contribution in [0.15, 0.2) is 42.5 Å². The number of carbonyl (C=O) groups excluding carboxylic acids is 2. The lowest BCUT2D eigenvalue weighted by Crippen LogP contribution is -2.60. The maximum atomic E-state index is 12.4. The predicted octanol–water partition coefficient (Wildman–Crippen LogP) is 0.680. The number of aromatic hydroxyl groups is 1. The Kier molecular flexibility index (Phi) is 7.26.